The lowest BCUT2D eigenvalue weighted by molar-refractivity contribution is -0.131. The number of benzene rings is 4. The molecule has 0 bridgehead atoms. The highest BCUT2D eigenvalue weighted by molar-refractivity contribution is 5.70. The summed E-state index contributed by atoms with van der Waals surface area (Å²) in [5, 5.41) is 0. The lowest BCUT2D eigenvalue weighted by Gasteiger charge is -2.20. The monoisotopic (exact) mass is 580 g/mol. The van der Waals surface area contributed by atoms with Crippen molar-refractivity contribution < 1.29 is 23.7 Å². The minimum Gasteiger partial charge on any atom is -0.485 e. The van der Waals surface area contributed by atoms with E-state index in [2.05, 4.69) is 98.7 Å². The summed E-state index contributed by atoms with van der Waals surface area (Å²) in [6.07, 6.45) is 0. The lowest BCUT2D eigenvalue weighted by Crippen LogP contribution is -2.07. The molecule has 0 aliphatic heterocycles. The standard InChI is InChI=1S/C38H44O5/c1-22-11-32(12-23(2)28(22)7)19-40-36-17-35(43-31(10)39)18-37(41-20-33-13-24(3)29(8)25(4)14-33)38(36)42-21-34-15-26(5)30(9)27(6)16-34/h11-18H,19-21H2,1-10H3. The molecule has 5 nitrogen and oxygen atoms in total. The van der Waals surface area contributed by atoms with Crippen molar-refractivity contribution in [3.8, 4) is 23.0 Å². The van der Waals surface area contributed by atoms with Gasteiger partial charge in [-0.25, -0.2) is 0 Å². The normalized spacial score (nSPS) is 10.9. The van der Waals surface area contributed by atoms with Crippen molar-refractivity contribution in [2.45, 2.75) is 89.1 Å². The van der Waals surface area contributed by atoms with Crippen LogP contribution in [0.5, 0.6) is 23.0 Å². The van der Waals surface area contributed by atoms with Gasteiger partial charge in [0.05, 0.1) is 0 Å². The molecule has 0 amide bonds. The largest absolute Gasteiger partial charge is 0.485 e. The third-order valence-corrected chi connectivity index (χ3v) is 8.39. The van der Waals surface area contributed by atoms with Crippen molar-refractivity contribution in [1.82, 2.24) is 0 Å². The number of aryl methyl sites for hydroxylation is 6. The molecule has 0 spiro atoms. The van der Waals surface area contributed by atoms with Crippen LogP contribution in [-0.4, -0.2) is 5.97 Å². The highest BCUT2D eigenvalue weighted by atomic mass is 16.6. The van der Waals surface area contributed by atoms with E-state index in [9.17, 15) is 4.79 Å². The number of hydrogen-bond donors (Lipinski definition) is 0. The lowest BCUT2D eigenvalue weighted by atomic mass is 10.0. The van der Waals surface area contributed by atoms with Crippen LogP contribution < -0.4 is 18.9 Å². The van der Waals surface area contributed by atoms with Crippen molar-refractivity contribution in [2.75, 3.05) is 0 Å². The summed E-state index contributed by atoms with van der Waals surface area (Å²) < 4.78 is 24.8. The molecule has 0 atom stereocenters. The molecule has 0 unspecified atom stereocenters. The van der Waals surface area contributed by atoms with E-state index < -0.39 is 5.97 Å². The molecule has 4 aromatic rings. The van der Waals surface area contributed by atoms with Gasteiger partial charge in [0.15, 0.2) is 11.5 Å². The van der Waals surface area contributed by atoms with E-state index >= 15 is 0 Å². The highest BCUT2D eigenvalue weighted by Gasteiger charge is 2.19. The second-order valence-corrected chi connectivity index (χ2v) is 11.8. The van der Waals surface area contributed by atoms with Gasteiger partial charge >= 0.3 is 5.97 Å². The van der Waals surface area contributed by atoms with Crippen molar-refractivity contribution in [1.29, 1.82) is 0 Å². The summed E-state index contributed by atoms with van der Waals surface area (Å²) >= 11 is 0. The summed E-state index contributed by atoms with van der Waals surface area (Å²) in [6, 6.07) is 16.2. The predicted molar refractivity (Wildman–Crippen MR) is 173 cm³/mol. The molecule has 0 fully saturated rings. The number of carbonyl (C=O) groups excluding carboxylic acids is 1. The van der Waals surface area contributed by atoms with Crippen molar-refractivity contribution >= 4 is 5.97 Å². The minimum atomic E-state index is -0.425. The van der Waals surface area contributed by atoms with Gasteiger partial charge < -0.3 is 18.9 Å². The molecule has 4 rings (SSSR count). The summed E-state index contributed by atoms with van der Waals surface area (Å²) in [5.41, 5.74) is 14.2. The summed E-state index contributed by atoms with van der Waals surface area (Å²) in [5.74, 6) is 1.26. The van der Waals surface area contributed by atoms with Crippen LogP contribution in [0, 0.1) is 62.3 Å². The molecule has 0 aliphatic carbocycles. The third kappa shape index (κ3) is 7.78. The number of carbonyl (C=O) groups is 1. The first-order valence-electron chi connectivity index (χ1n) is 14.8. The number of ether oxygens (including phenoxy) is 4. The number of hydrogen-bond acceptors (Lipinski definition) is 5. The number of rotatable bonds is 10. The van der Waals surface area contributed by atoms with Crippen molar-refractivity contribution in [3.05, 3.63) is 115 Å². The second kappa shape index (κ2) is 13.4. The van der Waals surface area contributed by atoms with Crippen LogP contribution in [0.15, 0.2) is 48.5 Å². The van der Waals surface area contributed by atoms with E-state index in [4.69, 9.17) is 18.9 Å². The Morgan fingerprint density at radius 1 is 0.488 bits per heavy atom. The molecule has 0 aromatic heterocycles. The Morgan fingerprint density at radius 2 is 0.791 bits per heavy atom. The fourth-order valence-electron chi connectivity index (χ4n) is 5.24. The van der Waals surface area contributed by atoms with Gasteiger partial charge in [-0.3, -0.25) is 4.79 Å². The summed E-state index contributed by atoms with van der Waals surface area (Å²) in [7, 11) is 0. The highest BCUT2D eigenvalue weighted by Crippen LogP contribution is 2.43. The van der Waals surface area contributed by atoms with E-state index in [0.717, 1.165) is 16.7 Å². The average Bonchev–Trinajstić information content (AvgIpc) is 2.93. The molecule has 0 N–H and O–H groups in total. The maximum atomic E-state index is 12.0. The topological polar surface area (TPSA) is 54.0 Å². The first kappa shape index (κ1) is 31.7. The van der Waals surface area contributed by atoms with E-state index in [-0.39, 0.29) is 0 Å². The summed E-state index contributed by atoms with van der Waals surface area (Å²) in [6.45, 7) is 21.4. The molecule has 5 heteroatoms. The zero-order valence-electron chi connectivity index (χ0n) is 27.3. The molecule has 0 saturated carbocycles. The fraction of sp³-hybridized carbons (Fsp3) is 0.342. The van der Waals surface area contributed by atoms with Crippen LogP contribution in [0.2, 0.25) is 0 Å². The zero-order chi connectivity index (χ0) is 31.4. The first-order chi connectivity index (χ1) is 20.3. The molecule has 0 radical (unpaired) electrons. The number of esters is 1. The van der Waals surface area contributed by atoms with Gasteiger partial charge in [0.1, 0.15) is 25.6 Å². The van der Waals surface area contributed by atoms with Crippen molar-refractivity contribution in [2.24, 2.45) is 0 Å². The van der Waals surface area contributed by atoms with E-state index in [0.29, 0.717) is 42.8 Å². The molecule has 4 aromatic carbocycles. The minimum absolute atomic E-state index is 0.320. The third-order valence-electron chi connectivity index (χ3n) is 8.39. The van der Waals surface area contributed by atoms with E-state index in [1.807, 2.05) is 0 Å². The van der Waals surface area contributed by atoms with Gasteiger partial charge in [-0.15, -0.1) is 0 Å². The Bertz CT molecular complexity index is 1510. The van der Waals surface area contributed by atoms with Crippen LogP contribution in [0.25, 0.3) is 0 Å². The fourth-order valence-corrected chi connectivity index (χ4v) is 5.24. The Labute approximate surface area is 256 Å². The zero-order valence-corrected chi connectivity index (χ0v) is 27.3. The molecule has 0 heterocycles. The van der Waals surface area contributed by atoms with Gasteiger partial charge in [-0.05, 0) is 129 Å². The molecular formula is C38H44O5. The maximum Gasteiger partial charge on any atom is 0.308 e. The van der Waals surface area contributed by atoms with Crippen LogP contribution >= 0.6 is 0 Å². The SMILES string of the molecule is CC(=O)Oc1cc(OCc2cc(C)c(C)c(C)c2)c(OCc2cc(C)c(C)c(C)c2)c(OCc2cc(C)c(C)c(C)c2)c1. The Hall–Kier alpha value is -4.25. The van der Waals surface area contributed by atoms with Gasteiger partial charge in [0.25, 0.3) is 0 Å². The van der Waals surface area contributed by atoms with Crippen LogP contribution in [0.1, 0.15) is 73.7 Å². The quantitative estimate of drug-likeness (QED) is 0.138. The van der Waals surface area contributed by atoms with Gasteiger partial charge in [0.2, 0.25) is 5.75 Å². The molecular weight excluding hydrogens is 536 g/mol. The average molecular weight is 581 g/mol. The van der Waals surface area contributed by atoms with Crippen molar-refractivity contribution in [3.63, 3.8) is 0 Å². The van der Waals surface area contributed by atoms with E-state index in [1.54, 1.807) is 12.1 Å². The Balaban J connectivity index is 1.74. The van der Waals surface area contributed by atoms with Gasteiger partial charge in [-0.1, -0.05) is 36.4 Å². The summed E-state index contributed by atoms with van der Waals surface area (Å²) in [4.78, 5) is 12.0. The maximum absolute atomic E-state index is 12.0. The van der Waals surface area contributed by atoms with Crippen LogP contribution in [0.3, 0.4) is 0 Å². The van der Waals surface area contributed by atoms with Crippen LogP contribution in [0.4, 0.5) is 0 Å². The van der Waals surface area contributed by atoms with Crippen LogP contribution in [-0.2, 0) is 24.6 Å². The second-order valence-electron chi connectivity index (χ2n) is 11.8. The van der Waals surface area contributed by atoms with E-state index in [1.165, 1.54) is 57.0 Å². The first-order valence-corrected chi connectivity index (χ1v) is 14.8. The molecule has 0 saturated heterocycles. The smallest absolute Gasteiger partial charge is 0.308 e. The van der Waals surface area contributed by atoms with Gasteiger partial charge in [0, 0.05) is 19.1 Å². The van der Waals surface area contributed by atoms with Gasteiger partial charge in [-0.2, -0.15) is 0 Å². The molecule has 226 valence electrons. The molecule has 43 heavy (non-hydrogen) atoms. The Kier molecular flexibility index (Phi) is 9.85. The predicted octanol–water partition coefficient (Wildman–Crippen LogP) is 9.12. The Morgan fingerprint density at radius 3 is 1.09 bits per heavy atom. The molecule has 0 aliphatic rings.